The van der Waals surface area contributed by atoms with Crippen molar-refractivity contribution in [2.75, 3.05) is 7.11 Å². The van der Waals surface area contributed by atoms with Crippen molar-refractivity contribution in [3.63, 3.8) is 0 Å². The number of nitrogens with zero attached hydrogens (tertiary/aromatic N) is 1. The van der Waals surface area contributed by atoms with Gasteiger partial charge in [-0.25, -0.2) is 0 Å². The molecule has 0 aromatic carbocycles. The van der Waals surface area contributed by atoms with Crippen LogP contribution in [0.2, 0.25) is 0 Å². The van der Waals surface area contributed by atoms with Crippen LogP contribution in [0.5, 0.6) is 0 Å². The van der Waals surface area contributed by atoms with Gasteiger partial charge in [0.15, 0.2) is 0 Å². The third-order valence-corrected chi connectivity index (χ3v) is 1.09. The van der Waals surface area contributed by atoms with Crippen LogP contribution >= 0.6 is 7.60 Å². The Morgan fingerprint density at radius 3 is 2.25 bits per heavy atom. The van der Waals surface area contributed by atoms with E-state index in [0.29, 0.717) is 0 Å². The number of hydrogen-bond donors (Lipinski definition) is 0. The maximum absolute atomic E-state index is 9.81. The fraction of sp³-hybridized carbons (Fsp3) is 0.500. The molecule has 0 bridgehead atoms. The number of rotatable bonds is 1. The van der Waals surface area contributed by atoms with Gasteiger partial charge in [0.05, 0.1) is 0 Å². The zero-order valence-corrected chi connectivity index (χ0v) is 5.51. The molecule has 0 radical (unpaired) electrons. The molecule has 0 saturated heterocycles. The second-order valence-electron chi connectivity index (χ2n) is 0.780. The number of nitriles is 1. The van der Waals surface area contributed by atoms with Crippen molar-refractivity contribution < 1.29 is 32.8 Å². The van der Waals surface area contributed by atoms with Gasteiger partial charge >= 0.3 is 18.9 Å². The predicted molar refractivity (Wildman–Crippen MR) is 20.2 cm³/mol. The van der Waals surface area contributed by atoms with Crippen LogP contribution in [0.4, 0.5) is 0 Å². The molecule has 0 aliphatic carbocycles. The average Bonchev–Trinajstić information content (AvgIpc) is 1.68. The molecule has 40 valence electrons. The van der Waals surface area contributed by atoms with E-state index in [-0.39, 0.29) is 18.9 Å². The molecule has 0 N–H and O–H groups in total. The molecule has 4 nitrogen and oxygen atoms in total. The van der Waals surface area contributed by atoms with E-state index in [1.807, 2.05) is 0 Å². The van der Waals surface area contributed by atoms with E-state index in [0.717, 1.165) is 12.9 Å². The SMILES string of the molecule is COP(=O)([O-])C#N.[Li+]. The first-order valence-corrected chi connectivity index (χ1v) is 2.95. The Hall–Kier alpha value is 0.237. The van der Waals surface area contributed by atoms with Crippen LogP contribution in [0.1, 0.15) is 0 Å². The molecule has 1 atom stereocenters. The van der Waals surface area contributed by atoms with Crippen molar-refractivity contribution in [2.24, 2.45) is 0 Å². The summed E-state index contributed by atoms with van der Waals surface area (Å²) in [4.78, 5) is 9.81. The minimum Gasteiger partial charge on any atom is -0.767 e. The first-order chi connectivity index (χ1) is 3.12. The molecular weight excluding hydrogens is 124 g/mol. The third kappa shape index (κ3) is 4.40. The zero-order chi connectivity index (χ0) is 5.91. The van der Waals surface area contributed by atoms with Crippen molar-refractivity contribution in [1.82, 2.24) is 0 Å². The first kappa shape index (κ1) is 11.1. The topological polar surface area (TPSA) is 73.2 Å². The molecule has 6 heteroatoms. The molecule has 0 spiro atoms. The summed E-state index contributed by atoms with van der Waals surface area (Å²) in [6.45, 7) is 0. The van der Waals surface area contributed by atoms with Crippen LogP contribution in [-0.4, -0.2) is 7.11 Å². The van der Waals surface area contributed by atoms with E-state index in [1.165, 1.54) is 0 Å². The molecule has 0 fully saturated rings. The van der Waals surface area contributed by atoms with Gasteiger partial charge in [-0.3, -0.25) is 4.57 Å². The van der Waals surface area contributed by atoms with Crippen molar-refractivity contribution >= 4 is 7.60 Å². The quantitative estimate of drug-likeness (QED) is 0.273. The monoisotopic (exact) mass is 127 g/mol. The number of hydrogen-bond acceptors (Lipinski definition) is 4. The molecule has 0 aliphatic rings. The minimum atomic E-state index is -4.10. The van der Waals surface area contributed by atoms with Crippen LogP contribution in [0.3, 0.4) is 0 Å². The van der Waals surface area contributed by atoms with E-state index in [2.05, 4.69) is 4.52 Å². The molecule has 1 unspecified atom stereocenters. The molecular formula is C2H3LiNO3P. The summed E-state index contributed by atoms with van der Waals surface area (Å²) in [6.07, 6.45) is 0. The van der Waals surface area contributed by atoms with Gasteiger partial charge in [-0.1, -0.05) is 0 Å². The van der Waals surface area contributed by atoms with E-state index in [9.17, 15) is 9.46 Å². The molecule has 8 heavy (non-hydrogen) atoms. The van der Waals surface area contributed by atoms with Gasteiger partial charge in [-0.05, 0) is 0 Å². The van der Waals surface area contributed by atoms with Gasteiger partial charge in [-0.2, -0.15) is 5.26 Å². The Balaban J connectivity index is 0. The largest absolute Gasteiger partial charge is 1.00 e. The maximum Gasteiger partial charge on any atom is 1.00 e. The van der Waals surface area contributed by atoms with Crippen LogP contribution in [0.25, 0.3) is 0 Å². The average molecular weight is 127 g/mol. The van der Waals surface area contributed by atoms with Crippen molar-refractivity contribution in [3.05, 3.63) is 0 Å². The van der Waals surface area contributed by atoms with Gasteiger partial charge in [0.2, 0.25) is 7.60 Å². The summed E-state index contributed by atoms with van der Waals surface area (Å²) in [5.41, 5.74) is 0. The second kappa shape index (κ2) is 4.15. The van der Waals surface area contributed by atoms with Crippen molar-refractivity contribution in [1.29, 1.82) is 5.26 Å². The summed E-state index contributed by atoms with van der Waals surface area (Å²) in [7, 11) is -3.16. The van der Waals surface area contributed by atoms with Crippen LogP contribution < -0.4 is 23.8 Å². The van der Waals surface area contributed by atoms with E-state index >= 15 is 0 Å². The van der Waals surface area contributed by atoms with Gasteiger partial charge < -0.3 is 9.42 Å². The summed E-state index contributed by atoms with van der Waals surface area (Å²) in [5, 5.41) is 7.64. The molecule has 0 aromatic heterocycles. The summed E-state index contributed by atoms with van der Waals surface area (Å²) >= 11 is 0. The van der Waals surface area contributed by atoms with Crippen molar-refractivity contribution in [2.45, 2.75) is 0 Å². The first-order valence-electron chi connectivity index (χ1n) is 1.40. The predicted octanol–water partition coefficient (Wildman–Crippen LogP) is -3.33. The summed E-state index contributed by atoms with van der Waals surface area (Å²) in [5.74, 6) is 0.969. The molecule has 0 aromatic rings. The fourth-order valence-electron chi connectivity index (χ4n) is 0.0408. The Kier molecular flexibility index (Phi) is 5.75. The van der Waals surface area contributed by atoms with E-state index < -0.39 is 7.60 Å². The fourth-order valence-corrected chi connectivity index (χ4v) is 0.122. The van der Waals surface area contributed by atoms with E-state index in [4.69, 9.17) is 5.26 Å². The Labute approximate surface area is 59.2 Å². The molecule has 0 rings (SSSR count). The molecule has 0 amide bonds. The van der Waals surface area contributed by atoms with Crippen LogP contribution in [-0.2, 0) is 9.09 Å². The van der Waals surface area contributed by atoms with Crippen LogP contribution in [0, 0.1) is 11.1 Å². The van der Waals surface area contributed by atoms with E-state index in [1.54, 1.807) is 0 Å². The zero-order valence-electron chi connectivity index (χ0n) is 4.62. The summed E-state index contributed by atoms with van der Waals surface area (Å²) < 4.78 is 13.5. The third-order valence-electron chi connectivity index (χ3n) is 0.363. The Morgan fingerprint density at radius 2 is 2.25 bits per heavy atom. The minimum absolute atomic E-state index is 0. The Bertz CT molecular complexity index is 141. The molecule has 0 heterocycles. The summed E-state index contributed by atoms with van der Waals surface area (Å²) in [6, 6.07) is 0. The van der Waals surface area contributed by atoms with Gasteiger partial charge in [-0.15, -0.1) is 0 Å². The van der Waals surface area contributed by atoms with Gasteiger partial charge in [0.25, 0.3) is 0 Å². The molecule has 0 aliphatic heterocycles. The second-order valence-corrected chi connectivity index (χ2v) is 2.34. The normalized spacial score (nSPS) is 15.1. The van der Waals surface area contributed by atoms with Gasteiger partial charge in [0, 0.05) is 7.11 Å². The smallest absolute Gasteiger partial charge is 0.767 e. The molecule has 0 saturated carbocycles. The standard InChI is InChI=1S/C2H4NO3P.Li/c1-6-7(4,5)2-3;/h1H3,(H,4,5);/q;+1/p-1. The maximum atomic E-state index is 9.81. The Morgan fingerprint density at radius 1 is 1.88 bits per heavy atom. The van der Waals surface area contributed by atoms with Gasteiger partial charge in [0.1, 0.15) is 5.81 Å². The van der Waals surface area contributed by atoms with Crippen LogP contribution in [0.15, 0.2) is 0 Å². The van der Waals surface area contributed by atoms with Crippen molar-refractivity contribution in [3.8, 4) is 5.81 Å².